The first-order chi connectivity index (χ1) is 10.9. The van der Waals surface area contributed by atoms with Gasteiger partial charge in [0.15, 0.2) is 8.32 Å². The fourth-order valence-corrected chi connectivity index (χ4v) is 8.38. The molecule has 0 fully saturated rings. The maximum atomic E-state index is 12.3. The Morgan fingerprint density at radius 1 is 0.920 bits per heavy atom. The van der Waals surface area contributed by atoms with Crippen molar-refractivity contribution in [3.8, 4) is 0 Å². The summed E-state index contributed by atoms with van der Waals surface area (Å²) in [7, 11) is -5.47. The summed E-state index contributed by atoms with van der Waals surface area (Å²) < 4.78 is 18.7. The van der Waals surface area contributed by atoms with Crippen LogP contribution in [0.3, 0.4) is 0 Å². The maximum Gasteiger partial charge on any atom is 0.341 e. The number of carbonyl (C=O) groups is 1. The van der Waals surface area contributed by atoms with Crippen molar-refractivity contribution in [1.82, 2.24) is 0 Å². The summed E-state index contributed by atoms with van der Waals surface area (Å²) in [6, 6.07) is 0. The molecule has 1 unspecified atom stereocenters. The molecule has 0 amide bonds. The van der Waals surface area contributed by atoms with Gasteiger partial charge in [0.2, 0.25) is 16.6 Å². The van der Waals surface area contributed by atoms with Crippen LogP contribution < -0.4 is 0 Å². The first-order valence-corrected chi connectivity index (χ1v) is 20.2. The van der Waals surface area contributed by atoms with Gasteiger partial charge in [0.05, 0.1) is 5.22 Å². The molecule has 0 bridgehead atoms. The van der Waals surface area contributed by atoms with Crippen molar-refractivity contribution in [3.05, 3.63) is 11.5 Å². The second-order valence-electron chi connectivity index (χ2n) is 9.59. The first-order valence-electron chi connectivity index (χ1n) is 8.96. The van der Waals surface area contributed by atoms with E-state index in [0.717, 1.165) is 6.42 Å². The van der Waals surface area contributed by atoms with E-state index in [0.29, 0.717) is 16.7 Å². The molecule has 0 spiro atoms. The van der Waals surface area contributed by atoms with Crippen LogP contribution in [-0.4, -0.2) is 51.5 Å². The zero-order valence-electron chi connectivity index (χ0n) is 18.0. The highest BCUT2D eigenvalue weighted by molar-refractivity contribution is 6.71. The first kappa shape index (κ1) is 24.6. The molecule has 0 aromatic heterocycles. The van der Waals surface area contributed by atoms with E-state index in [9.17, 15) is 9.90 Å². The highest BCUT2D eigenvalue weighted by Crippen LogP contribution is 2.33. The van der Waals surface area contributed by atoms with Gasteiger partial charge in [0.1, 0.15) is 5.57 Å². The molecule has 0 aromatic rings. The molecule has 0 heterocycles. The van der Waals surface area contributed by atoms with Crippen LogP contribution >= 0.6 is 0 Å². The van der Waals surface area contributed by atoms with Crippen molar-refractivity contribution in [2.45, 2.75) is 83.9 Å². The summed E-state index contributed by atoms with van der Waals surface area (Å²) in [6.07, 6.45) is 1.51. The molecule has 0 saturated heterocycles. The van der Waals surface area contributed by atoms with Crippen molar-refractivity contribution in [1.29, 1.82) is 0 Å². The van der Waals surface area contributed by atoms with Gasteiger partial charge in [0, 0.05) is 10.2 Å². The molecule has 0 radical (unpaired) electrons. The van der Waals surface area contributed by atoms with E-state index in [1.807, 2.05) is 39.3 Å². The van der Waals surface area contributed by atoms with Gasteiger partial charge in [-0.25, -0.2) is 4.79 Å². The second-order valence-corrected chi connectivity index (χ2v) is 24.5. The van der Waals surface area contributed by atoms with E-state index >= 15 is 0 Å². The SMILES string of the molecule is CCCC([SiH3])(O[Si](C)(C)C)C(C(=O)O)=C(O[Si](C)(C)C)O[Si](C)(C)C. The van der Waals surface area contributed by atoms with E-state index in [1.54, 1.807) is 0 Å². The van der Waals surface area contributed by atoms with Crippen LogP contribution in [0.2, 0.25) is 58.9 Å². The Kier molecular flexibility index (Phi) is 8.43. The van der Waals surface area contributed by atoms with E-state index in [2.05, 4.69) is 26.6 Å². The van der Waals surface area contributed by atoms with Gasteiger partial charge in [-0.15, -0.1) is 0 Å². The van der Waals surface area contributed by atoms with Gasteiger partial charge >= 0.3 is 5.97 Å². The smallest absolute Gasteiger partial charge is 0.341 e. The van der Waals surface area contributed by atoms with Crippen LogP contribution in [0.4, 0.5) is 0 Å². The minimum Gasteiger partial charge on any atom is -0.520 e. The highest BCUT2D eigenvalue weighted by atomic mass is 28.4. The Labute approximate surface area is 160 Å². The molecule has 5 nitrogen and oxygen atoms in total. The Morgan fingerprint density at radius 3 is 1.56 bits per heavy atom. The maximum absolute atomic E-state index is 12.3. The summed E-state index contributed by atoms with van der Waals surface area (Å²) in [5, 5.41) is 9.28. The van der Waals surface area contributed by atoms with Gasteiger partial charge in [-0.05, 0) is 65.3 Å². The standard InChI is InChI=1S/C16H38O5Si4/c1-11-12-16(22,21-25(8,9)10)13(14(17)18)15(19-23(2,3)4)20-24(5,6)7/h11-12H2,1-10,22H3,(H,17,18). The van der Waals surface area contributed by atoms with Crippen LogP contribution in [0.15, 0.2) is 11.5 Å². The van der Waals surface area contributed by atoms with E-state index in [-0.39, 0.29) is 11.5 Å². The average Bonchev–Trinajstić information content (AvgIpc) is 2.19. The number of carboxylic acids is 1. The third-order valence-corrected chi connectivity index (χ3v) is 7.27. The third-order valence-electron chi connectivity index (χ3n) is 3.00. The molecule has 9 heteroatoms. The fraction of sp³-hybridized carbons (Fsp3) is 0.812. The molecule has 1 atom stereocenters. The average molecular weight is 423 g/mol. The Balaban J connectivity index is 6.47. The monoisotopic (exact) mass is 422 g/mol. The molecule has 148 valence electrons. The highest BCUT2D eigenvalue weighted by Gasteiger charge is 2.43. The molecule has 0 saturated carbocycles. The van der Waals surface area contributed by atoms with Gasteiger partial charge in [0.25, 0.3) is 5.95 Å². The zero-order valence-corrected chi connectivity index (χ0v) is 23.0. The van der Waals surface area contributed by atoms with Crippen LogP contribution in [0, 0.1) is 0 Å². The lowest BCUT2D eigenvalue weighted by Crippen LogP contribution is -2.48. The largest absolute Gasteiger partial charge is 0.520 e. The predicted octanol–water partition coefficient (Wildman–Crippen LogP) is 3.70. The zero-order chi connectivity index (χ0) is 20.3. The summed E-state index contributed by atoms with van der Waals surface area (Å²) >= 11 is 0. The van der Waals surface area contributed by atoms with Crippen molar-refractivity contribution in [2.75, 3.05) is 0 Å². The Hall–Kier alpha value is -0.362. The summed E-state index contributed by atoms with van der Waals surface area (Å²) in [5.74, 6) is -0.791. The normalized spacial score (nSPS) is 15.4. The van der Waals surface area contributed by atoms with Crippen molar-refractivity contribution >= 4 is 41.2 Å². The molecule has 0 aliphatic heterocycles. The van der Waals surface area contributed by atoms with E-state index in [4.69, 9.17) is 13.3 Å². The number of carboxylic acid groups (broad SMARTS) is 1. The molecule has 0 aromatic carbocycles. The molecule has 0 aliphatic rings. The summed E-state index contributed by atoms with van der Waals surface area (Å²) in [6.45, 7) is 20.5. The lowest BCUT2D eigenvalue weighted by atomic mass is 10.1. The van der Waals surface area contributed by atoms with Crippen molar-refractivity contribution in [3.63, 3.8) is 0 Å². The van der Waals surface area contributed by atoms with Gasteiger partial charge in [-0.2, -0.15) is 0 Å². The third kappa shape index (κ3) is 9.78. The molecular weight excluding hydrogens is 385 g/mol. The molecule has 25 heavy (non-hydrogen) atoms. The fourth-order valence-electron chi connectivity index (χ4n) is 2.59. The summed E-state index contributed by atoms with van der Waals surface area (Å²) in [4.78, 5) is 12.3. The lowest BCUT2D eigenvalue weighted by Gasteiger charge is -2.39. The molecule has 0 aliphatic carbocycles. The second kappa shape index (κ2) is 8.55. The molecule has 1 N–H and O–H groups in total. The van der Waals surface area contributed by atoms with Crippen LogP contribution in [0.5, 0.6) is 0 Å². The quantitative estimate of drug-likeness (QED) is 0.330. The Morgan fingerprint density at radius 2 is 1.32 bits per heavy atom. The number of aliphatic carboxylic acids is 1. The molecular formula is C16H38O5Si4. The number of hydrogen-bond acceptors (Lipinski definition) is 4. The number of rotatable bonds is 10. The van der Waals surface area contributed by atoms with Crippen LogP contribution in [0.25, 0.3) is 0 Å². The van der Waals surface area contributed by atoms with Crippen molar-refractivity contribution < 1.29 is 23.2 Å². The van der Waals surface area contributed by atoms with E-state index < -0.39 is 36.1 Å². The topological polar surface area (TPSA) is 65.0 Å². The summed E-state index contributed by atoms with van der Waals surface area (Å²) in [5.41, 5.74) is 0.188. The van der Waals surface area contributed by atoms with Gasteiger partial charge in [-0.3, -0.25) is 0 Å². The van der Waals surface area contributed by atoms with Crippen LogP contribution in [-0.2, 0) is 18.1 Å². The lowest BCUT2D eigenvalue weighted by molar-refractivity contribution is -0.134. The van der Waals surface area contributed by atoms with Crippen LogP contribution in [0.1, 0.15) is 19.8 Å². The minimum absolute atomic E-state index is 0.188. The number of hydrogen-bond donors (Lipinski definition) is 1. The predicted molar refractivity (Wildman–Crippen MR) is 116 cm³/mol. The van der Waals surface area contributed by atoms with E-state index in [1.165, 1.54) is 0 Å². The minimum atomic E-state index is -2.04. The Bertz CT molecular complexity index is 482. The van der Waals surface area contributed by atoms with Crippen molar-refractivity contribution in [2.24, 2.45) is 0 Å². The van der Waals surface area contributed by atoms with Gasteiger partial charge < -0.3 is 18.4 Å². The van der Waals surface area contributed by atoms with Gasteiger partial charge in [-0.1, -0.05) is 13.3 Å². The molecule has 0 rings (SSSR count).